The number of nitrogens with one attached hydrogen (secondary N) is 1. The van der Waals surface area contributed by atoms with Gasteiger partial charge in [0.15, 0.2) is 0 Å². The Balaban J connectivity index is 2.18. The van der Waals surface area contributed by atoms with Gasteiger partial charge in [0.1, 0.15) is 0 Å². The van der Waals surface area contributed by atoms with Gasteiger partial charge in [-0.3, -0.25) is 0 Å². The Morgan fingerprint density at radius 2 is 2.10 bits per heavy atom. The monoisotopic (exact) mass is 366 g/mol. The summed E-state index contributed by atoms with van der Waals surface area (Å²) < 4.78 is 1.18. The minimum absolute atomic E-state index is 0.471. The first kappa shape index (κ1) is 16.5. The predicted octanol–water partition coefficient (Wildman–Crippen LogP) is 5.04. The van der Waals surface area contributed by atoms with Crippen LogP contribution < -0.4 is 10.2 Å². The first-order chi connectivity index (χ1) is 10.1. The van der Waals surface area contributed by atoms with Crippen LogP contribution >= 0.6 is 27.3 Å². The van der Waals surface area contributed by atoms with Gasteiger partial charge in [0.05, 0.1) is 6.54 Å². The summed E-state index contributed by atoms with van der Waals surface area (Å²) in [6.07, 6.45) is 0. The van der Waals surface area contributed by atoms with Crippen molar-refractivity contribution in [2.75, 3.05) is 11.4 Å². The average Bonchev–Trinajstić information content (AvgIpc) is 2.96. The van der Waals surface area contributed by atoms with Crippen LogP contribution in [0, 0.1) is 0 Å². The zero-order valence-corrected chi connectivity index (χ0v) is 15.3. The average molecular weight is 367 g/mol. The lowest BCUT2D eigenvalue weighted by Gasteiger charge is -2.29. The molecule has 0 fully saturated rings. The lowest BCUT2D eigenvalue weighted by atomic mass is 10.1. The van der Waals surface area contributed by atoms with Crippen LogP contribution in [-0.2, 0) is 13.1 Å². The maximum absolute atomic E-state index is 3.71. The summed E-state index contributed by atoms with van der Waals surface area (Å²) in [5, 5.41) is 5.51. The number of anilines is 1. The Morgan fingerprint density at radius 1 is 1.29 bits per heavy atom. The molecule has 1 aromatic heterocycles. The zero-order valence-electron chi connectivity index (χ0n) is 12.9. The molecular weight excluding hydrogens is 344 g/mol. The minimum atomic E-state index is 0.471. The molecule has 0 saturated heterocycles. The second-order valence-corrected chi connectivity index (χ2v) is 7.24. The Bertz CT molecular complexity index is 552. The molecule has 2 aromatic rings. The summed E-state index contributed by atoms with van der Waals surface area (Å²) >= 11 is 5.53. The van der Waals surface area contributed by atoms with Gasteiger partial charge in [-0.25, -0.2) is 0 Å². The summed E-state index contributed by atoms with van der Waals surface area (Å²) in [5.41, 5.74) is 2.57. The molecule has 2 rings (SSSR count). The molecule has 0 aliphatic rings. The summed E-state index contributed by atoms with van der Waals surface area (Å²) in [5.74, 6) is 0. The third-order valence-corrected chi connectivity index (χ3v) is 5.06. The lowest BCUT2D eigenvalue weighted by Crippen LogP contribution is -2.29. The fraction of sp³-hybridized carbons (Fsp3) is 0.412. The van der Waals surface area contributed by atoms with Crippen LogP contribution in [0.25, 0.3) is 0 Å². The molecular formula is C17H23BrN2S. The largest absolute Gasteiger partial charge is 0.364 e. The van der Waals surface area contributed by atoms with E-state index in [1.54, 1.807) is 0 Å². The van der Waals surface area contributed by atoms with Gasteiger partial charge in [-0.2, -0.15) is 0 Å². The van der Waals surface area contributed by atoms with E-state index in [4.69, 9.17) is 0 Å². The molecule has 2 nitrogen and oxygen atoms in total. The van der Waals surface area contributed by atoms with Crippen molar-refractivity contribution in [3.63, 3.8) is 0 Å². The van der Waals surface area contributed by atoms with Crippen LogP contribution in [0.5, 0.6) is 0 Å². The van der Waals surface area contributed by atoms with Crippen molar-refractivity contribution in [2.45, 2.75) is 39.9 Å². The first-order valence-electron chi connectivity index (χ1n) is 7.40. The lowest BCUT2D eigenvalue weighted by molar-refractivity contribution is 0.685. The zero-order chi connectivity index (χ0) is 15.2. The second-order valence-electron chi connectivity index (χ2n) is 5.36. The fourth-order valence-corrected chi connectivity index (χ4v) is 3.47. The topological polar surface area (TPSA) is 15.3 Å². The Kier molecular flexibility index (Phi) is 6.27. The van der Waals surface area contributed by atoms with E-state index in [-0.39, 0.29) is 0 Å². The Morgan fingerprint density at radius 3 is 2.67 bits per heavy atom. The van der Waals surface area contributed by atoms with Crippen molar-refractivity contribution < 1.29 is 0 Å². The van der Waals surface area contributed by atoms with Crippen molar-refractivity contribution in [1.29, 1.82) is 0 Å². The number of rotatable bonds is 7. The van der Waals surface area contributed by atoms with Gasteiger partial charge < -0.3 is 10.2 Å². The summed E-state index contributed by atoms with van der Waals surface area (Å²) in [7, 11) is 0. The summed E-state index contributed by atoms with van der Waals surface area (Å²) in [4.78, 5) is 3.84. The number of hydrogen-bond acceptors (Lipinski definition) is 3. The van der Waals surface area contributed by atoms with E-state index in [2.05, 4.69) is 82.6 Å². The number of thiophene rings is 1. The predicted molar refractivity (Wildman–Crippen MR) is 97.2 cm³/mol. The number of benzene rings is 1. The van der Waals surface area contributed by atoms with E-state index in [0.717, 1.165) is 19.6 Å². The number of nitrogens with zero attached hydrogens (tertiary/aromatic N) is 1. The highest BCUT2D eigenvalue weighted by molar-refractivity contribution is 9.10. The van der Waals surface area contributed by atoms with E-state index in [1.807, 2.05) is 11.3 Å². The summed E-state index contributed by atoms with van der Waals surface area (Å²) in [6, 6.07) is 11.5. The highest BCUT2D eigenvalue weighted by Gasteiger charge is 2.13. The van der Waals surface area contributed by atoms with Crippen molar-refractivity contribution >= 4 is 33.0 Å². The normalized spacial score (nSPS) is 11.1. The third kappa shape index (κ3) is 4.56. The smallest absolute Gasteiger partial charge is 0.0525 e. The molecule has 1 aromatic carbocycles. The first-order valence-corrected chi connectivity index (χ1v) is 9.07. The minimum Gasteiger partial charge on any atom is -0.364 e. The second kappa shape index (κ2) is 7.97. The highest BCUT2D eigenvalue weighted by atomic mass is 79.9. The molecule has 0 amide bonds. The van der Waals surface area contributed by atoms with Gasteiger partial charge in [-0.1, -0.05) is 35.0 Å². The maximum atomic E-state index is 3.71. The molecule has 1 N–H and O–H groups in total. The van der Waals surface area contributed by atoms with Crippen molar-refractivity contribution in [3.8, 4) is 0 Å². The van der Waals surface area contributed by atoms with E-state index in [1.165, 1.54) is 20.6 Å². The van der Waals surface area contributed by atoms with E-state index >= 15 is 0 Å². The molecule has 0 atom stereocenters. The van der Waals surface area contributed by atoms with Crippen molar-refractivity contribution in [2.24, 2.45) is 0 Å². The molecule has 0 bridgehead atoms. The third-order valence-electron chi connectivity index (χ3n) is 3.46. The van der Waals surface area contributed by atoms with Gasteiger partial charge in [0.2, 0.25) is 0 Å². The quantitative estimate of drug-likeness (QED) is 0.738. The van der Waals surface area contributed by atoms with E-state index < -0.39 is 0 Å². The van der Waals surface area contributed by atoms with Crippen LogP contribution in [0.2, 0.25) is 0 Å². The molecule has 0 aliphatic carbocycles. The molecule has 0 saturated carbocycles. The molecule has 4 heteroatoms. The molecule has 114 valence electrons. The Labute approximate surface area is 140 Å². The van der Waals surface area contributed by atoms with Gasteiger partial charge in [0.25, 0.3) is 0 Å². The fourth-order valence-electron chi connectivity index (χ4n) is 2.26. The SMILES string of the molecule is CCNCc1ccc(N(Cc2cccs2)C(C)C)cc1Br. The number of hydrogen-bond donors (Lipinski definition) is 1. The molecule has 0 radical (unpaired) electrons. The van der Waals surface area contributed by atoms with Crippen LogP contribution in [0.3, 0.4) is 0 Å². The standard InChI is InChI=1S/C17H23BrN2S/c1-4-19-11-14-7-8-15(10-17(14)18)20(13(2)3)12-16-6-5-9-21-16/h5-10,13,19H,4,11-12H2,1-3H3. The maximum Gasteiger partial charge on any atom is 0.0525 e. The van der Waals surface area contributed by atoms with Crippen molar-refractivity contribution in [3.05, 3.63) is 50.6 Å². The molecule has 0 spiro atoms. The summed E-state index contributed by atoms with van der Waals surface area (Å²) in [6.45, 7) is 9.48. The van der Waals surface area contributed by atoms with Crippen LogP contribution in [0.15, 0.2) is 40.2 Å². The van der Waals surface area contributed by atoms with Gasteiger partial charge in [0, 0.05) is 27.6 Å². The van der Waals surface area contributed by atoms with Gasteiger partial charge >= 0.3 is 0 Å². The van der Waals surface area contributed by atoms with Crippen LogP contribution in [-0.4, -0.2) is 12.6 Å². The molecule has 0 unspecified atom stereocenters. The molecule has 21 heavy (non-hydrogen) atoms. The molecule has 0 aliphatic heterocycles. The van der Waals surface area contributed by atoms with E-state index in [0.29, 0.717) is 6.04 Å². The molecule has 1 heterocycles. The van der Waals surface area contributed by atoms with Crippen LogP contribution in [0.4, 0.5) is 5.69 Å². The Hall–Kier alpha value is -0.840. The van der Waals surface area contributed by atoms with Gasteiger partial charge in [-0.05, 0) is 49.5 Å². The number of halogens is 1. The van der Waals surface area contributed by atoms with Crippen molar-refractivity contribution in [1.82, 2.24) is 5.32 Å². The highest BCUT2D eigenvalue weighted by Crippen LogP contribution is 2.27. The van der Waals surface area contributed by atoms with E-state index in [9.17, 15) is 0 Å². The van der Waals surface area contributed by atoms with Gasteiger partial charge in [-0.15, -0.1) is 11.3 Å². The van der Waals surface area contributed by atoms with Crippen LogP contribution in [0.1, 0.15) is 31.2 Å².